The summed E-state index contributed by atoms with van der Waals surface area (Å²) in [5.74, 6) is 1.30. The number of aromatic nitrogens is 2. The normalized spacial score (nSPS) is 23.7. The molecule has 2 fully saturated rings. The van der Waals surface area contributed by atoms with Crippen LogP contribution in [0.5, 0.6) is 0 Å². The highest BCUT2D eigenvalue weighted by molar-refractivity contribution is 6.29. The lowest BCUT2D eigenvalue weighted by molar-refractivity contribution is -0.135. The summed E-state index contributed by atoms with van der Waals surface area (Å²) >= 11 is 6.03. The molecular formula is C15H23ClN4O2. The molecule has 2 saturated heterocycles. The molecule has 1 aromatic rings. The topological polar surface area (TPSA) is 50.6 Å². The molecule has 0 radical (unpaired) electrons. The van der Waals surface area contributed by atoms with E-state index in [1.165, 1.54) is 0 Å². The van der Waals surface area contributed by atoms with E-state index in [2.05, 4.69) is 9.88 Å². The van der Waals surface area contributed by atoms with E-state index in [0.29, 0.717) is 11.8 Å². The highest BCUT2D eigenvalue weighted by Gasteiger charge is 2.29. The fourth-order valence-electron chi connectivity index (χ4n) is 3.11. The lowest BCUT2D eigenvalue weighted by Gasteiger charge is -2.24. The largest absolute Gasteiger partial charge is 0.381 e. The van der Waals surface area contributed by atoms with Gasteiger partial charge >= 0.3 is 0 Å². The van der Waals surface area contributed by atoms with Crippen molar-refractivity contribution >= 4 is 17.5 Å². The molecule has 0 bridgehead atoms. The average molecular weight is 327 g/mol. The summed E-state index contributed by atoms with van der Waals surface area (Å²) in [5, 5.41) is 0.655. The number of rotatable bonds is 3. The molecule has 3 heterocycles. The van der Waals surface area contributed by atoms with Gasteiger partial charge in [0.15, 0.2) is 0 Å². The van der Waals surface area contributed by atoms with E-state index in [-0.39, 0.29) is 11.8 Å². The molecular weight excluding hydrogens is 304 g/mol. The third-order valence-corrected chi connectivity index (χ3v) is 4.92. The second-order valence-electron chi connectivity index (χ2n) is 6.07. The molecule has 0 aromatic carbocycles. The van der Waals surface area contributed by atoms with Crippen LogP contribution in [0.4, 0.5) is 0 Å². The van der Waals surface area contributed by atoms with Crippen LogP contribution in [-0.2, 0) is 23.1 Å². The predicted octanol–water partition coefficient (Wildman–Crippen LogP) is 1.14. The molecule has 0 spiro atoms. The lowest BCUT2D eigenvalue weighted by atomic mass is 10.1. The summed E-state index contributed by atoms with van der Waals surface area (Å²) in [6.07, 6.45) is 3.55. The van der Waals surface area contributed by atoms with E-state index in [1.807, 2.05) is 16.5 Å². The van der Waals surface area contributed by atoms with Crippen molar-refractivity contribution in [2.45, 2.75) is 19.4 Å². The predicted molar refractivity (Wildman–Crippen MR) is 83.6 cm³/mol. The molecule has 7 heteroatoms. The van der Waals surface area contributed by atoms with Crippen LogP contribution in [0.3, 0.4) is 0 Å². The Morgan fingerprint density at radius 2 is 2.27 bits per heavy atom. The van der Waals surface area contributed by atoms with Crippen molar-refractivity contribution in [3.8, 4) is 0 Å². The molecule has 0 saturated carbocycles. The molecule has 1 amide bonds. The smallest absolute Gasteiger partial charge is 0.228 e. The maximum atomic E-state index is 12.5. The molecule has 1 atom stereocenters. The SMILES string of the molecule is Cn1c(Cl)cnc1CN1CCCN(C(=O)[C@H]2CCOC2)CC1. The minimum atomic E-state index is 0.0693. The van der Waals surface area contributed by atoms with Crippen molar-refractivity contribution in [1.82, 2.24) is 19.4 Å². The van der Waals surface area contributed by atoms with Gasteiger partial charge in [-0.2, -0.15) is 0 Å². The van der Waals surface area contributed by atoms with Crippen LogP contribution in [0.2, 0.25) is 5.15 Å². The van der Waals surface area contributed by atoms with Gasteiger partial charge in [-0.25, -0.2) is 4.98 Å². The van der Waals surface area contributed by atoms with Crippen LogP contribution >= 0.6 is 11.6 Å². The summed E-state index contributed by atoms with van der Waals surface area (Å²) in [4.78, 5) is 21.2. The molecule has 0 unspecified atom stereocenters. The average Bonchev–Trinajstić information content (AvgIpc) is 3.08. The monoisotopic (exact) mass is 326 g/mol. The first kappa shape index (κ1) is 15.8. The Hall–Kier alpha value is -1.11. The Bertz CT molecular complexity index is 528. The number of ether oxygens (including phenoxy) is 1. The van der Waals surface area contributed by atoms with Crippen LogP contribution in [0.15, 0.2) is 6.20 Å². The summed E-state index contributed by atoms with van der Waals surface area (Å²) in [6.45, 7) is 5.57. The van der Waals surface area contributed by atoms with Crippen LogP contribution < -0.4 is 0 Å². The van der Waals surface area contributed by atoms with Gasteiger partial charge in [0.2, 0.25) is 5.91 Å². The highest BCUT2D eigenvalue weighted by atomic mass is 35.5. The van der Waals surface area contributed by atoms with E-state index in [4.69, 9.17) is 16.3 Å². The number of imidazole rings is 1. The zero-order chi connectivity index (χ0) is 15.5. The summed E-state index contributed by atoms with van der Waals surface area (Å²) in [7, 11) is 1.93. The van der Waals surface area contributed by atoms with Crippen molar-refractivity contribution < 1.29 is 9.53 Å². The van der Waals surface area contributed by atoms with E-state index in [9.17, 15) is 4.79 Å². The first-order valence-corrected chi connectivity index (χ1v) is 8.28. The van der Waals surface area contributed by atoms with E-state index < -0.39 is 0 Å². The zero-order valence-corrected chi connectivity index (χ0v) is 13.8. The number of amides is 1. The third-order valence-electron chi connectivity index (χ3n) is 4.57. The standard InChI is InChI=1S/C15H23ClN4O2/c1-18-13(16)9-17-14(18)10-19-4-2-5-20(7-6-19)15(21)12-3-8-22-11-12/h9,12H,2-8,10-11H2,1H3/t12-/m0/s1. The third kappa shape index (κ3) is 3.45. The van der Waals surface area contributed by atoms with Gasteiger partial charge in [0.1, 0.15) is 11.0 Å². The molecule has 2 aliphatic rings. The fraction of sp³-hybridized carbons (Fsp3) is 0.733. The highest BCUT2D eigenvalue weighted by Crippen LogP contribution is 2.18. The number of hydrogen-bond acceptors (Lipinski definition) is 4. The maximum absolute atomic E-state index is 12.5. The van der Waals surface area contributed by atoms with Crippen LogP contribution in [0.1, 0.15) is 18.7 Å². The van der Waals surface area contributed by atoms with Gasteiger partial charge in [0.25, 0.3) is 0 Å². The van der Waals surface area contributed by atoms with Crippen LogP contribution in [-0.4, -0.2) is 64.7 Å². The van der Waals surface area contributed by atoms with Gasteiger partial charge < -0.3 is 14.2 Å². The number of carbonyl (C=O) groups is 1. The quantitative estimate of drug-likeness (QED) is 0.836. The molecule has 22 heavy (non-hydrogen) atoms. The van der Waals surface area contributed by atoms with Crippen molar-refractivity contribution in [3.05, 3.63) is 17.2 Å². The van der Waals surface area contributed by atoms with Gasteiger partial charge in [-0.05, 0) is 12.8 Å². The molecule has 1 aromatic heterocycles. The van der Waals surface area contributed by atoms with E-state index in [1.54, 1.807) is 6.20 Å². The summed E-state index contributed by atoms with van der Waals surface area (Å²) in [6, 6.07) is 0. The molecule has 122 valence electrons. The van der Waals surface area contributed by atoms with Crippen molar-refractivity contribution in [2.24, 2.45) is 13.0 Å². The fourth-order valence-corrected chi connectivity index (χ4v) is 3.25. The Labute approximate surface area is 136 Å². The lowest BCUT2D eigenvalue weighted by Crippen LogP contribution is -2.39. The Kier molecular flexibility index (Phi) is 5.00. The zero-order valence-electron chi connectivity index (χ0n) is 13.0. The van der Waals surface area contributed by atoms with E-state index in [0.717, 1.165) is 58.0 Å². The maximum Gasteiger partial charge on any atom is 0.228 e. The van der Waals surface area contributed by atoms with Crippen molar-refractivity contribution in [1.29, 1.82) is 0 Å². The van der Waals surface area contributed by atoms with Crippen molar-refractivity contribution in [2.75, 3.05) is 39.4 Å². The Balaban J connectivity index is 1.55. The molecule has 3 rings (SSSR count). The van der Waals surface area contributed by atoms with E-state index >= 15 is 0 Å². The number of halogens is 1. The van der Waals surface area contributed by atoms with Crippen molar-refractivity contribution in [3.63, 3.8) is 0 Å². The van der Waals surface area contributed by atoms with Gasteiger partial charge in [0, 0.05) is 39.8 Å². The van der Waals surface area contributed by atoms with Crippen LogP contribution in [0.25, 0.3) is 0 Å². The first-order valence-electron chi connectivity index (χ1n) is 7.90. The minimum absolute atomic E-state index is 0.0693. The number of nitrogens with zero attached hydrogens (tertiary/aromatic N) is 4. The summed E-state index contributed by atoms with van der Waals surface area (Å²) in [5.41, 5.74) is 0. The summed E-state index contributed by atoms with van der Waals surface area (Å²) < 4.78 is 7.24. The van der Waals surface area contributed by atoms with Gasteiger partial charge in [0.05, 0.1) is 25.3 Å². The number of carbonyl (C=O) groups excluding carboxylic acids is 1. The minimum Gasteiger partial charge on any atom is -0.381 e. The molecule has 0 aliphatic carbocycles. The van der Waals surface area contributed by atoms with Crippen LogP contribution in [0, 0.1) is 5.92 Å². The first-order chi connectivity index (χ1) is 10.6. The molecule has 0 N–H and O–H groups in total. The second-order valence-corrected chi connectivity index (χ2v) is 6.46. The Morgan fingerprint density at radius 3 is 2.95 bits per heavy atom. The van der Waals surface area contributed by atoms with Gasteiger partial charge in [-0.1, -0.05) is 11.6 Å². The van der Waals surface area contributed by atoms with Gasteiger partial charge in [-0.15, -0.1) is 0 Å². The Morgan fingerprint density at radius 1 is 1.41 bits per heavy atom. The second kappa shape index (κ2) is 6.98. The molecule has 2 aliphatic heterocycles. The molecule has 6 nitrogen and oxygen atoms in total. The van der Waals surface area contributed by atoms with Gasteiger partial charge in [-0.3, -0.25) is 9.69 Å². The number of hydrogen-bond donors (Lipinski definition) is 0.